The van der Waals surface area contributed by atoms with E-state index in [1.54, 1.807) is 6.92 Å². The van der Waals surface area contributed by atoms with Crippen molar-refractivity contribution in [3.8, 4) is 11.8 Å². The first-order valence-corrected chi connectivity index (χ1v) is 13.9. The van der Waals surface area contributed by atoms with Crippen LogP contribution in [-0.4, -0.2) is 34.7 Å². The molecule has 0 amide bonds. The molecule has 0 aromatic heterocycles. The zero-order valence-electron chi connectivity index (χ0n) is 18.2. The van der Waals surface area contributed by atoms with Gasteiger partial charge in [0.25, 0.3) is 0 Å². The van der Waals surface area contributed by atoms with Gasteiger partial charge in [-0.25, -0.2) is 30.3 Å². The molecule has 1 saturated carbocycles. The summed E-state index contributed by atoms with van der Waals surface area (Å²) in [5, 5.41) is 8.32. The maximum Gasteiger partial charge on any atom is 0.214 e. The van der Waals surface area contributed by atoms with Gasteiger partial charge in [-0.2, -0.15) is 5.26 Å². The Hall–Kier alpha value is -2.55. The monoisotopic (exact) mass is 508 g/mol. The first-order valence-electron chi connectivity index (χ1n) is 10.9. The summed E-state index contributed by atoms with van der Waals surface area (Å²) in [7, 11) is -7.90. The van der Waals surface area contributed by atoms with Crippen molar-refractivity contribution in [3.05, 3.63) is 59.2 Å². The normalized spacial score (nSPS) is 31.8. The molecule has 11 heteroatoms. The highest BCUT2D eigenvalue weighted by atomic mass is 32.2. The zero-order chi connectivity index (χ0) is 24.5. The van der Waals surface area contributed by atoms with Crippen LogP contribution in [0.15, 0.2) is 41.3 Å². The van der Waals surface area contributed by atoms with Gasteiger partial charge in [0.15, 0.2) is 21.4 Å². The Labute approximate surface area is 196 Å². The Morgan fingerprint density at radius 3 is 2.50 bits per heavy atom. The SMILES string of the molecule is C[C@@H]1C[C@H]2[C@H](CC[C@@]3(S(=O)(=O)c4ccc(C#N)cc4)c4c(F)ccc(F)c4OC[C@@H]23)NS1(=O)=O. The van der Waals surface area contributed by atoms with Gasteiger partial charge in [0.2, 0.25) is 10.0 Å². The first-order chi connectivity index (χ1) is 16.0. The van der Waals surface area contributed by atoms with Crippen LogP contribution in [0.4, 0.5) is 8.78 Å². The quantitative estimate of drug-likeness (QED) is 0.667. The third-order valence-corrected chi connectivity index (χ3v) is 12.0. The van der Waals surface area contributed by atoms with Crippen molar-refractivity contribution in [2.75, 3.05) is 6.61 Å². The number of hydrogen-bond donors (Lipinski definition) is 1. The standard InChI is InChI=1S/C23H22F2N2O5S2/c1-13-10-16-17-12-32-22-19(25)7-6-18(24)21(22)23(17,9-8-20(16)27-34(13,30)31)33(28,29)15-4-2-14(11-26)3-5-15/h2-7,13,16-17,20,27H,8-10,12H2,1H3/t13-,16-,17+,20+,23+/m1/s1. The summed E-state index contributed by atoms with van der Waals surface area (Å²) >= 11 is 0. The summed E-state index contributed by atoms with van der Waals surface area (Å²) in [5.41, 5.74) is -0.0792. The lowest BCUT2D eigenvalue weighted by molar-refractivity contribution is 0.0500. The number of hydrogen-bond acceptors (Lipinski definition) is 6. The van der Waals surface area contributed by atoms with E-state index >= 15 is 4.39 Å². The average Bonchev–Trinajstić information content (AvgIpc) is 2.81. The molecular weight excluding hydrogens is 486 g/mol. The van der Waals surface area contributed by atoms with Crippen molar-refractivity contribution in [1.29, 1.82) is 5.26 Å². The van der Waals surface area contributed by atoms with E-state index in [0.717, 1.165) is 12.1 Å². The minimum atomic E-state index is -4.33. The highest BCUT2D eigenvalue weighted by molar-refractivity contribution is 7.92. The molecule has 1 saturated heterocycles. The van der Waals surface area contributed by atoms with E-state index in [1.165, 1.54) is 24.3 Å². The van der Waals surface area contributed by atoms with Crippen molar-refractivity contribution < 1.29 is 30.4 Å². The number of benzene rings is 2. The van der Waals surface area contributed by atoms with Crippen LogP contribution in [-0.2, 0) is 24.6 Å². The molecule has 180 valence electrons. The van der Waals surface area contributed by atoms with Crippen LogP contribution in [0.1, 0.15) is 37.3 Å². The molecule has 2 fully saturated rings. The number of fused-ring (bicyclic) bond motifs is 5. The minimum absolute atomic E-state index is 0.115. The average molecular weight is 509 g/mol. The van der Waals surface area contributed by atoms with Crippen molar-refractivity contribution >= 4 is 19.9 Å². The molecule has 0 unspecified atom stereocenters. The Bertz CT molecular complexity index is 1420. The summed E-state index contributed by atoms with van der Waals surface area (Å²) < 4.78 is 90.1. The summed E-state index contributed by atoms with van der Waals surface area (Å²) in [6.45, 7) is 1.35. The Balaban J connectivity index is 1.75. The Morgan fingerprint density at radius 1 is 1.15 bits per heavy atom. The second-order valence-electron chi connectivity index (χ2n) is 9.20. The van der Waals surface area contributed by atoms with Crippen LogP contribution in [0, 0.1) is 34.8 Å². The number of nitrogens with zero attached hydrogens (tertiary/aromatic N) is 1. The fourth-order valence-electron chi connectivity index (χ4n) is 5.90. The molecule has 0 radical (unpaired) electrons. The number of sulfone groups is 1. The smallest absolute Gasteiger partial charge is 0.214 e. The van der Waals surface area contributed by atoms with Crippen molar-refractivity contribution in [3.63, 3.8) is 0 Å². The number of halogens is 2. The molecule has 0 bridgehead atoms. The Kier molecular flexibility index (Phi) is 5.28. The number of rotatable bonds is 2. The largest absolute Gasteiger partial charge is 0.490 e. The van der Waals surface area contributed by atoms with Gasteiger partial charge in [-0.05, 0) is 68.5 Å². The maximum atomic E-state index is 15.4. The van der Waals surface area contributed by atoms with Gasteiger partial charge in [0.1, 0.15) is 10.6 Å². The number of ether oxygens (including phenoxy) is 1. The highest BCUT2D eigenvalue weighted by Crippen LogP contribution is 2.59. The van der Waals surface area contributed by atoms with Crippen molar-refractivity contribution in [2.24, 2.45) is 11.8 Å². The molecule has 34 heavy (non-hydrogen) atoms. The molecule has 5 atom stereocenters. The predicted octanol–water partition coefficient (Wildman–Crippen LogP) is 3.00. The van der Waals surface area contributed by atoms with Gasteiger partial charge < -0.3 is 4.74 Å². The van der Waals surface area contributed by atoms with Gasteiger partial charge in [0.05, 0.1) is 33.9 Å². The lowest BCUT2D eigenvalue weighted by atomic mass is 9.64. The van der Waals surface area contributed by atoms with Crippen LogP contribution in [0.5, 0.6) is 5.75 Å². The van der Waals surface area contributed by atoms with E-state index in [-0.39, 0.29) is 41.9 Å². The fourth-order valence-corrected chi connectivity index (χ4v) is 9.73. The molecule has 3 aliphatic rings. The number of nitriles is 1. The van der Waals surface area contributed by atoms with E-state index in [0.29, 0.717) is 0 Å². The summed E-state index contributed by atoms with van der Waals surface area (Å²) in [4.78, 5) is -0.115. The molecule has 7 nitrogen and oxygen atoms in total. The predicted molar refractivity (Wildman–Crippen MR) is 118 cm³/mol. The lowest BCUT2D eigenvalue weighted by Crippen LogP contribution is -2.63. The fraction of sp³-hybridized carbons (Fsp3) is 0.435. The summed E-state index contributed by atoms with van der Waals surface area (Å²) in [6, 6.07) is 8.52. The second kappa shape index (κ2) is 7.73. The number of nitrogens with one attached hydrogen (secondary N) is 1. The Morgan fingerprint density at radius 2 is 1.82 bits per heavy atom. The molecule has 2 heterocycles. The molecule has 2 aliphatic heterocycles. The molecule has 5 rings (SSSR count). The van der Waals surface area contributed by atoms with Gasteiger partial charge in [-0.15, -0.1) is 0 Å². The van der Waals surface area contributed by atoms with E-state index in [9.17, 15) is 21.2 Å². The van der Waals surface area contributed by atoms with Gasteiger partial charge in [-0.1, -0.05) is 0 Å². The van der Waals surface area contributed by atoms with E-state index in [1.807, 2.05) is 6.07 Å². The van der Waals surface area contributed by atoms with Gasteiger partial charge >= 0.3 is 0 Å². The summed E-state index contributed by atoms with van der Waals surface area (Å²) in [6.07, 6.45) is 0.192. The van der Waals surface area contributed by atoms with Gasteiger partial charge in [0, 0.05) is 12.0 Å². The molecule has 2 aromatic rings. The van der Waals surface area contributed by atoms with Crippen LogP contribution in [0.25, 0.3) is 0 Å². The van der Waals surface area contributed by atoms with E-state index < -0.39 is 65.1 Å². The van der Waals surface area contributed by atoms with Crippen LogP contribution < -0.4 is 9.46 Å². The molecule has 2 aromatic carbocycles. The summed E-state index contributed by atoms with van der Waals surface area (Å²) in [5.74, 6) is -3.45. The van der Waals surface area contributed by atoms with Crippen LogP contribution in [0.2, 0.25) is 0 Å². The topological polar surface area (TPSA) is 113 Å². The van der Waals surface area contributed by atoms with Crippen LogP contribution >= 0.6 is 0 Å². The van der Waals surface area contributed by atoms with Crippen molar-refractivity contribution in [1.82, 2.24) is 4.72 Å². The highest BCUT2D eigenvalue weighted by Gasteiger charge is 2.64. The molecule has 1 N–H and O–H groups in total. The molecular formula is C23H22F2N2O5S2. The maximum absolute atomic E-state index is 15.4. The minimum Gasteiger partial charge on any atom is -0.490 e. The lowest BCUT2D eigenvalue weighted by Gasteiger charge is -2.54. The number of sulfonamides is 1. The van der Waals surface area contributed by atoms with E-state index in [2.05, 4.69) is 4.72 Å². The molecule has 1 aliphatic carbocycles. The third-order valence-electron chi connectivity index (χ3n) is 7.57. The second-order valence-corrected chi connectivity index (χ2v) is 13.5. The zero-order valence-corrected chi connectivity index (χ0v) is 19.8. The van der Waals surface area contributed by atoms with Crippen LogP contribution in [0.3, 0.4) is 0 Å². The third kappa shape index (κ3) is 3.12. The van der Waals surface area contributed by atoms with Gasteiger partial charge in [-0.3, -0.25) is 0 Å². The van der Waals surface area contributed by atoms with Crippen molar-refractivity contribution in [2.45, 2.75) is 47.1 Å². The first kappa shape index (κ1) is 23.2. The molecule has 0 spiro atoms. The van der Waals surface area contributed by atoms with E-state index in [4.69, 9.17) is 10.00 Å².